The van der Waals surface area contributed by atoms with Crippen molar-refractivity contribution in [2.45, 2.75) is 50.5 Å². The average molecular weight is 309 g/mol. The van der Waals surface area contributed by atoms with Crippen molar-refractivity contribution in [1.82, 2.24) is 5.32 Å². The molecule has 0 fully saturated rings. The second-order valence-electron chi connectivity index (χ2n) is 5.47. The molecule has 0 aromatic heterocycles. The molecule has 118 valence electrons. The lowest BCUT2D eigenvalue weighted by atomic mass is 9.95. The van der Waals surface area contributed by atoms with E-state index in [1.165, 1.54) is 17.6 Å². The Bertz CT molecular complexity index is 433. The molecule has 0 saturated carbocycles. The molecule has 0 spiro atoms. The fourth-order valence-electron chi connectivity index (χ4n) is 2.28. The normalized spacial score (nSPS) is 13.7. The van der Waals surface area contributed by atoms with Crippen molar-refractivity contribution >= 4 is 17.7 Å². The maximum Gasteiger partial charge on any atom is 0.325 e. The van der Waals surface area contributed by atoms with Crippen molar-refractivity contribution in [2.75, 3.05) is 19.4 Å². The predicted octanol–water partition coefficient (Wildman–Crippen LogP) is 3.80. The van der Waals surface area contributed by atoms with E-state index >= 15 is 0 Å². The number of methoxy groups -OCH3 is 1. The summed E-state index contributed by atoms with van der Waals surface area (Å²) in [5, 5.41) is 3.24. The van der Waals surface area contributed by atoms with Crippen LogP contribution in [-0.4, -0.2) is 30.9 Å². The number of carbonyl (C=O) groups excluding carboxylic acids is 1. The standard InChI is InChI=1S/C17H27NO2S/c1-5-18-17(3,16(19)20-4)12-6-7-13-21-15-10-8-14(2)9-11-15/h8-11,18H,5-7,12-13H2,1-4H3. The quantitative estimate of drug-likeness (QED) is 0.428. The molecular weight excluding hydrogens is 282 g/mol. The Morgan fingerprint density at radius 3 is 2.52 bits per heavy atom. The number of aryl methyl sites for hydroxylation is 1. The van der Waals surface area contributed by atoms with Gasteiger partial charge in [0.1, 0.15) is 5.54 Å². The monoisotopic (exact) mass is 309 g/mol. The van der Waals surface area contributed by atoms with E-state index in [4.69, 9.17) is 4.74 Å². The minimum atomic E-state index is -0.558. The van der Waals surface area contributed by atoms with E-state index in [0.717, 1.165) is 31.6 Å². The number of rotatable bonds is 9. The first-order chi connectivity index (χ1) is 10.0. The van der Waals surface area contributed by atoms with E-state index in [9.17, 15) is 4.79 Å². The van der Waals surface area contributed by atoms with Gasteiger partial charge in [-0.25, -0.2) is 0 Å². The van der Waals surface area contributed by atoms with Crippen molar-refractivity contribution in [1.29, 1.82) is 0 Å². The predicted molar refractivity (Wildman–Crippen MR) is 89.9 cm³/mol. The number of ether oxygens (including phenoxy) is 1. The first-order valence-corrected chi connectivity index (χ1v) is 8.53. The molecule has 0 aliphatic rings. The summed E-state index contributed by atoms with van der Waals surface area (Å²) in [6, 6.07) is 8.61. The zero-order chi connectivity index (χ0) is 15.7. The van der Waals surface area contributed by atoms with Crippen molar-refractivity contribution in [3.05, 3.63) is 29.8 Å². The number of carbonyl (C=O) groups is 1. The first-order valence-electron chi connectivity index (χ1n) is 7.54. The molecule has 3 nitrogen and oxygen atoms in total. The summed E-state index contributed by atoms with van der Waals surface area (Å²) in [6.07, 6.45) is 2.91. The summed E-state index contributed by atoms with van der Waals surface area (Å²) in [5.74, 6) is 0.905. The topological polar surface area (TPSA) is 38.3 Å². The molecule has 0 aliphatic carbocycles. The summed E-state index contributed by atoms with van der Waals surface area (Å²) >= 11 is 1.87. The molecule has 0 aliphatic heterocycles. The lowest BCUT2D eigenvalue weighted by Gasteiger charge is -2.27. The second-order valence-corrected chi connectivity index (χ2v) is 6.64. The van der Waals surface area contributed by atoms with Crippen LogP contribution in [0, 0.1) is 6.92 Å². The number of thioether (sulfide) groups is 1. The van der Waals surface area contributed by atoms with Gasteiger partial charge in [-0.3, -0.25) is 4.79 Å². The Kier molecular flexibility index (Phi) is 7.83. The van der Waals surface area contributed by atoms with Crippen molar-refractivity contribution in [2.24, 2.45) is 0 Å². The van der Waals surface area contributed by atoms with E-state index < -0.39 is 5.54 Å². The van der Waals surface area contributed by atoms with Gasteiger partial charge in [-0.05, 0) is 51.1 Å². The van der Waals surface area contributed by atoms with E-state index in [1.807, 2.05) is 25.6 Å². The molecule has 1 aromatic carbocycles. The van der Waals surface area contributed by atoms with Crippen LogP contribution in [0.25, 0.3) is 0 Å². The lowest BCUT2D eigenvalue weighted by Crippen LogP contribution is -2.50. The van der Waals surface area contributed by atoms with Gasteiger partial charge >= 0.3 is 5.97 Å². The molecular formula is C17H27NO2S. The average Bonchev–Trinajstić information content (AvgIpc) is 2.48. The van der Waals surface area contributed by atoms with E-state index in [2.05, 4.69) is 36.5 Å². The number of esters is 1. The molecule has 1 aromatic rings. The van der Waals surface area contributed by atoms with Crippen LogP contribution in [0.4, 0.5) is 0 Å². The van der Waals surface area contributed by atoms with Gasteiger partial charge in [-0.15, -0.1) is 11.8 Å². The summed E-state index contributed by atoms with van der Waals surface area (Å²) in [5.41, 5.74) is 0.733. The minimum absolute atomic E-state index is 0.171. The molecule has 21 heavy (non-hydrogen) atoms. The zero-order valence-corrected chi connectivity index (χ0v) is 14.4. The zero-order valence-electron chi connectivity index (χ0n) is 13.6. The summed E-state index contributed by atoms with van der Waals surface area (Å²) in [4.78, 5) is 13.2. The fraction of sp³-hybridized carbons (Fsp3) is 0.588. The largest absolute Gasteiger partial charge is 0.468 e. The van der Waals surface area contributed by atoms with Crippen LogP contribution in [0.2, 0.25) is 0 Å². The molecule has 0 bridgehead atoms. The highest BCUT2D eigenvalue weighted by atomic mass is 32.2. The van der Waals surface area contributed by atoms with Gasteiger partial charge in [0, 0.05) is 4.90 Å². The van der Waals surface area contributed by atoms with Crippen molar-refractivity contribution < 1.29 is 9.53 Å². The van der Waals surface area contributed by atoms with Gasteiger partial charge in [-0.2, -0.15) is 0 Å². The van der Waals surface area contributed by atoms with Gasteiger partial charge in [0.15, 0.2) is 0 Å². The summed E-state index contributed by atoms with van der Waals surface area (Å²) in [7, 11) is 1.45. The first kappa shape index (κ1) is 18.1. The Hall–Kier alpha value is -1.00. The molecule has 0 saturated heterocycles. The lowest BCUT2D eigenvalue weighted by molar-refractivity contribution is -0.148. The highest BCUT2D eigenvalue weighted by molar-refractivity contribution is 7.99. The minimum Gasteiger partial charge on any atom is -0.468 e. The summed E-state index contributed by atoms with van der Waals surface area (Å²) in [6.45, 7) is 6.80. The number of likely N-dealkylation sites (N-methyl/N-ethyl adjacent to an activating group) is 1. The maximum atomic E-state index is 11.9. The highest BCUT2D eigenvalue weighted by Gasteiger charge is 2.32. The van der Waals surface area contributed by atoms with Crippen LogP contribution in [-0.2, 0) is 9.53 Å². The Balaban J connectivity index is 2.31. The van der Waals surface area contributed by atoms with Crippen LogP contribution in [0.3, 0.4) is 0 Å². The number of benzene rings is 1. The fourth-order valence-corrected chi connectivity index (χ4v) is 3.20. The molecule has 1 N–H and O–H groups in total. The van der Waals surface area contributed by atoms with Gasteiger partial charge in [-0.1, -0.05) is 31.0 Å². The number of unbranched alkanes of at least 4 members (excludes halogenated alkanes) is 1. The molecule has 0 radical (unpaired) electrons. The van der Waals surface area contributed by atoms with Gasteiger partial charge < -0.3 is 10.1 Å². The molecule has 0 heterocycles. The number of nitrogens with one attached hydrogen (secondary N) is 1. The molecule has 1 unspecified atom stereocenters. The SMILES string of the molecule is CCNC(C)(CCCCSc1ccc(C)cc1)C(=O)OC. The number of hydrogen-bond acceptors (Lipinski definition) is 4. The molecule has 1 rings (SSSR count). The van der Waals surface area contributed by atoms with Gasteiger partial charge in [0.25, 0.3) is 0 Å². The number of hydrogen-bond donors (Lipinski definition) is 1. The van der Waals surface area contributed by atoms with E-state index in [1.54, 1.807) is 0 Å². The van der Waals surface area contributed by atoms with Gasteiger partial charge in [0.2, 0.25) is 0 Å². The van der Waals surface area contributed by atoms with Crippen LogP contribution < -0.4 is 5.32 Å². The Labute approximate surface area is 132 Å². The van der Waals surface area contributed by atoms with Crippen LogP contribution in [0.5, 0.6) is 0 Å². The van der Waals surface area contributed by atoms with Crippen molar-refractivity contribution in [3.8, 4) is 0 Å². The Morgan fingerprint density at radius 1 is 1.29 bits per heavy atom. The van der Waals surface area contributed by atoms with E-state index in [-0.39, 0.29) is 5.97 Å². The van der Waals surface area contributed by atoms with Crippen LogP contribution in [0.1, 0.15) is 38.7 Å². The van der Waals surface area contributed by atoms with Crippen LogP contribution >= 0.6 is 11.8 Å². The maximum absolute atomic E-state index is 11.9. The second kappa shape index (κ2) is 9.11. The summed E-state index contributed by atoms with van der Waals surface area (Å²) < 4.78 is 4.90. The highest BCUT2D eigenvalue weighted by Crippen LogP contribution is 2.22. The molecule has 1 atom stereocenters. The Morgan fingerprint density at radius 2 is 1.95 bits per heavy atom. The third-order valence-electron chi connectivity index (χ3n) is 3.56. The third kappa shape index (κ3) is 6.10. The van der Waals surface area contributed by atoms with Crippen LogP contribution in [0.15, 0.2) is 29.2 Å². The smallest absolute Gasteiger partial charge is 0.325 e. The van der Waals surface area contributed by atoms with Crippen molar-refractivity contribution in [3.63, 3.8) is 0 Å². The van der Waals surface area contributed by atoms with E-state index in [0.29, 0.717) is 0 Å². The molecule has 0 amide bonds. The molecule has 4 heteroatoms. The third-order valence-corrected chi connectivity index (χ3v) is 4.66. The van der Waals surface area contributed by atoms with Gasteiger partial charge in [0.05, 0.1) is 7.11 Å².